The summed E-state index contributed by atoms with van der Waals surface area (Å²) < 4.78 is 12.8. The van der Waals surface area contributed by atoms with E-state index >= 15 is 0 Å². The number of amides is 1. The number of aromatic hydroxyl groups is 1. The maximum Gasteiger partial charge on any atom is 0.355 e. The highest BCUT2D eigenvalue weighted by Gasteiger charge is 2.50. The lowest BCUT2D eigenvalue weighted by Gasteiger charge is -2.35. The zero-order valence-corrected chi connectivity index (χ0v) is 29.2. The number of carboxylic acids is 1. The van der Waals surface area contributed by atoms with E-state index in [4.69, 9.17) is 14.5 Å². The normalized spacial score (nSPS) is 16.8. The van der Waals surface area contributed by atoms with Crippen LogP contribution in [0.5, 0.6) is 5.75 Å². The standard InChI is InChI=1S/C37H46N4O9/c1-5-7-8-9-10-11-12-28(35(46)47)38-31(43)15-16-32(44)50-37(6-2)26-18-29-33-22(19-41(29)34(45)25(26)21-49-36(37)48)17-23-24(20-40(3)4)30(42)14-13-27(23)39-33/h13-14,17-18,28,42H,5-12,15-16,19-21H2,1-4H3,(H,38,43)(H,46,47). The number of hydrogen-bond acceptors (Lipinski definition) is 10. The Kier molecular flexibility index (Phi) is 11.2. The van der Waals surface area contributed by atoms with E-state index in [0.29, 0.717) is 35.4 Å². The molecular weight excluding hydrogens is 644 g/mol. The average Bonchev–Trinajstić information content (AvgIpc) is 3.44. The Balaban J connectivity index is 1.35. The van der Waals surface area contributed by atoms with E-state index in [1.807, 2.05) is 25.1 Å². The molecule has 0 aliphatic carbocycles. The van der Waals surface area contributed by atoms with Crippen LogP contribution in [0.3, 0.4) is 0 Å². The number of unbranched alkanes of at least 4 members (excludes halogenated alkanes) is 5. The highest BCUT2D eigenvalue weighted by molar-refractivity contribution is 5.91. The van der Waals surface area contributed by atoms with Crippen LogP contribution in [0.2, 0.25) is 0 Å². The Hall–Kier alpha value is -4.78. The van der Waals surface area contributed by atoms with Gasteiger partial charge in [0, 0.05) is 35.0 Å². The van der Waals surface area contributed by atoms with Gasteiger partial charge < -0.3 is 34.5 Å². The van der Waals surface area contributed by atoms with Gasteiger partial charge in [-0.1, -0.05) is 52.4 Å². The first-order chi connectivity index (χ1) is 23.9. The van der Waals surface area contributed by atoms with Gasteiger partial charge in [0.1, 0.15) is 18.4 Å². The van der Waals surface area contributed by atoms with Crippen molar-refractivity contribution >= 4 is 34.7 Å². The molecule has 2 unspecified atom stereocenters. The second kappa shape index (κ2) is 15.4. The van der Waals surface area contributed by atoms with Crippen LogP contribution in [-0.4, -0.2) is 68.6 Å². The van der Waals surface area contributed by atoms with Gasteiger partial charge in [0.2, 0.25) is 11.5 Å². The Labute approximate surface area is 290 Å². The second-order valence-corrected chi connectivity index (χ2v) is 13.4. The summed E-state index contributed by atoms with van der Waals surface area (Å²) in [5.41, 5.74) is 1.17. The van der Waals surface area contributed by atoms with E-state index in [1.54, 1.807) is 29.7 Å². The fourth-order valence-electron chi connectivity index (χ4n) is 6.85. The molecule has 2 atom stereocenters. The molecule has 1 aromatic carbocycles. The first-order valence-corrected chi connectivity index (χ1v) is 17.4. The van der Waals surface area contributed by atoms with Crippen LogP contribution >= 0.6 is 0 Å². The number of pyridine rings is 2. The molecule has 5 rings (SSSR count). The van der Waals surface area contributed by atoms with Gasteiger partial charge in [0.15, 0.2) is 0 Å². The number of rotatable bonds is 16. The van der Waals surface area contributed by atoms with E-state index < -0.39 is 47.4 Å². The smallest absolute Gasteiger partial charge is 0.355 e. The molecule has 0 bridgehead atoms. The fourth-order valence-corrected chi connectivity index (χ4v) is 6.85. The van der Waals surface area contributed by atoms with Gasteiger partial charge in [-0.3, -0.25) is 14.4 Å². The number of nitrogens with one attached hydrogen (secondary N) is 1. The van der Waals surface area contributed by atoms with Crippen LogP contribution in [0, 0.1) is 0 Å². The first-order valence-electron chi connectivity index (χ1n) is 17.4. The topological polar surface area (TPSA) is 177 Å². The van der Waals surface area contributed by atoms with Crippen LogP contribution < -0.4 is 10.9 Å². The Morgan fingerprint density at radius 3 is 2.52 bits per heavy atom. The molecule has 0 saturated carbocycles. The number of nitrogens with zero attached hydrogens (tertiary/aromatic N) is 3. The third kappa shape index (κ3) is 7.37. The molecule has 268 valence electrons. The van der Waals surface area contributed by atoms with E-state index in [-0.39, 0.29) is 49.3 Å². The zero-order valence-electron chi connectivity index (χ0n) is 29.2. The highest BCUT2D eigenvalue weighted by atomic mass is 16.6. The molecule has 0 radical (unpaired) electrons. The number of carbonyl (C=O) groups excluding carboxylic acids is 3. The number of fused-ring (bicyclic) bond motifs is 5. The maximum atomic E-state index is 13.9. The Bertz CT molecular complexity index is 1870. The van der Waals surface area contributed by atoms with Crippen molar-refractivity contribution in [1.29, 1.82) is 0 Å². The van der Waals surface area contributed by atoms with Gasteiger partial charge in [-0.25, -0.2) is 14.6 Å². The minimum Gasteiger partial charge on any atom is -0.508 e. The molecule has 0 saturated heterocycles. The van der Waals surface area contributed by atoms with Gasteiger partial charge in [-0.2, -0.15) is 0 Å². The van der Waals surface area contributed by atoms with Gasteiger partial charge in [-0.05, 0) is 51.2 Å². The molecule has 0 spiro atoms. The lowest BCUT2D eigenvalue weighted by Crippen LogP contribution is -2.47. The summed E-state index contributed by atoms with van der Waals surface area (Å²) in [5.74, 6) is -3.31. The third-order valence-electron chi connectivity index (χ3n) is 9.54. The predicted molar refractivity (Wildman–Crippen MR) is 184 cm³/mol. The van der Waals surface area contributed by atoms with E-state index in [1.165, 1.54) is 0 Å². The molecule has 13 heteroatoms. The highest BCUT2D eigenvalue weighted by Crippen LogP contribution is 2.42. The number of cyclic esters (lactones) is 1. The summed E-state index contributed by atoms with van der Waals surface area (Å²) in [6.07, 6.45) is 5.35. The van der Waals surface area contributed by atoms with E-state index in [2.05, 4.69) is 12.2 Å². The Morgan fingerprint density at radius 2 is 1.82 bits per heavy atom. The van der Waals surface area contributed by atoms with Crippen molar-refractivity contribution in [1.82, 2.24) is 19.8 Å². The molecule has 4 heterocycles. The number of phenolic OH excluding ortho intramolecular Hbond substituents is 1. The third-order valence-corrected chi connectivity index (χ3v) is 9.54. The molecule has 2 aliphatic heterocycles. The lowest BCUT2D eigenvalue weighted by atomic mass is 9.85. The van der Waals surface area contributed by atoms with Crippen LogP contribution in [0.1, 0.15) is 100 Å². The molecule has 1 amide bonds. The molecule has 2 aromatic heterocycles. The summed E-state index contributed by atoms with van der Waals surface area (Å²) in [6.45, 7) is 4.16. The van der Waals surface area contributed by atoms with Crippen molar-refractivity contribution in [3.63, 3.8) is 0 Å². The van der Waals surface area contributed by atoms with E-state index in [0.717, 1.165) is 43.1 Å². The van der Waals surface area contributed by atoms with Gasteiger partial charge in [0.25, 0.3) is 5.56 Å². The number of phenols is 1. The molecule has 13 nitrogen and oxygen atoms in total. The van der Waals surface area contributed by atoms with Crippen LogP contribution in [-0.2, 0) is 53.9 Å². The summed E-state index contributed by atoms with van der Waals surface area (Å²) in [5, 5.41) is 23.5. The molecular formula is C37H46N4O9. The monoisotopic (exact) mass is 690 g/mol. The first kappa shape index (κ1) is 36.5. The van der Waals surface area contributed by atoms with Gasteiger partial charge in [0.05, 0.1) is 35.4 Å². The minimum atomic E-state index is -1.93. The van der Waals surface area contributed by atoms with Crippen molar-refractivity contribution in [2.45, 2.75) is 109 Å². The summed E-state index contributed by atoms with van der Waals surface area (Å²) >= 11 is 0. The number of carbonyl (C=O) groups is 4. The molecule has 3 aromatic rings. The summed E-state index contributed by atoms with van der Waals surface area (Å²) in [4.78, 5) is 71.7. The molecule has 3 N–H and O–H groups in total. The number of ether oxygens (including phenoxy) is 2. The molecule has 0 fully saturated rings. The van der Waals surface area contributed by atoms with Crippen LogP contribution in [0.4, 0.5) is 0 Å². The predicted octanol–water partition coefficient (Wildman–Crippen LogP) is 4.50. The number of aromatic nitrogens is 2. The molecule has 2 aliphatic rings. The number of aliphatic carboxylic acids is 1. The number of carboxylic acid groups (broad SMARTS) is 1. The van der Waals surface area contributed by atoms with Crippen molar-refractivity contribution in [3.8, 4) is 17.1 Å². The van der Waals surface area contributed by atoms with Gasteiger partial charge in [-0.15, -0.1) is 0 Å². The van der Waals surface area contributed by atoms with Crippen molar-refractivity contribution < 1.29 is 38.9 Å². The molecule has 50 heavy (non-hydrogen) atoms. The fraction of sp³-hybridized carbons (Fsp3) is 0.514. The average molecular weight is 691 g/mol. The Morgan fingerprint density at radius 1 is 1.08 bits per heavy atom. The van der Waals surface area contributed by atoms with Gasteiger partial charge >= 0.3 is 17.9 Å². The quantitative estimate of drug-likeness (QED) is 0.111. The van der Waals surface area contributed by atoms with Crippen molar-refractivity contribution in [2.75, 3.05) is 14.1 Å². The minimum absolute atomic E-state index is 0.0375. The second-order valence-electron chi connectivity index (χ2n) is 13.4. The summed E-state index contributed by atoms with van der Waals surface area (Å²) in [7, 11) is 3.80. The largest absolute Gasteiger partial charge is 0.508 e. The zero-order chi connectivity index (χ0) is 36.2. The van der Waals surface area contributed by atoms with Crippen molar-refractivity contribution in [2.24, 2.45) is 0 Å². The van der Waals surface area contributed by atoms with Crippen molar-refractivity contribution in [3.05, 3.63) is 56.9 Å². The number of esters is 2. The maximum absolute atomic E-state index is 13.9. The van der Waals surface area contributed by atoms with Crippen LogP contribution in [0.15, 0.2) is 29.1 Å². The van der Waals surface area contributed by atoms with E-state index in [9.17, 15) is 34.2 Å². The SMILES string of the molecule is CCCCCCCCC(NC(=O)CCC(=O)OC1(CC)C(=O)OCc2c1cc1n(c2=O)Cc2cc3c(CN(C)C)c(O)ccc3nc2-1)C(=O)O. The number of hydrogen-bond donors (Lipinski definition) is 3. The summed E-state index contributed by atoms with van der Waals surface area (Å²) in [6, 6.07) is 5.81. The lowest BCUT2D eigenvalue weighted by molar-refractivity contribution is -0.189. The number of benzene rings is 1. The van der Waals surface area contributed by atoms with Crippen LogP contribution in [0.25, 0.3) is 22.3 Å².